The molecule has 2 N–H and O–H groups in total. The van der Waals surface area contributed by atoms with Crippen molar-refractivity contribution >= 4 is 35.6 Å². The summed E-state index contributed by atoms with van der Waals surface area (Å²) in [4.78, 5) is 6.54. The third-order valence-electron chi connectivity index (χ3n) is 3.92. The largest absolute Gasteiger partial charge is 0.370 e. The lowest BCUT2D eigenvalue weighted by atomic mass is 10.2. The van der Waals surface area contributed by atoms with Gasteiger partial charge in [-0.3, -0.25) is 4.99 Å². The molecule has 0 amide bonds. The van der Waals surface area contributed by atoms with Crippen molar-refractivity contribution in [2.75, 3.05) is 25.5 Å². The molecule has 24 heavy (non-hydrogen) atoms. The number of nitrogens with one attached hydrogen (secondary N) is 2. The van der Waals surface area contributed by atoms with Gasteiger partial charge in [-0.1, -0.05) is 48.5 Å². The van der Waals surface area contributed by atoms with Crippen LogP contribution in [-0.4, -0.2) is 32.6 Å². The SMILES string of the molecule is CN=C(NCc1ccccc1)NCC(C)N(C)c1ccccc1.I. The molecule has 0 saturated heterocycles. The summed E-state index contributed by atoms with van der Waals surface area (Å²) in [5.41, 5.74) is 2.46. The molecule has 0 aliphatic carbocycles. The Hall–Kier alpha value is -1.76. The number of aliphatic imine (C=N–C) groups is 1. The first-order chi connectivity index (χ1) is 11.2. The van der Waals surface area contributed by atoms with Crippen LogP contribution in [0, 0.1) is 0 Å². The van der Waals surface area contributed by atoms with Crippen molar-refractivity contribution in [3.63, 3.8) is 0 Å². The van der Waals surface area contributed by atoms with Crippen LogP contribution in [0.1, 0.15) is 12.5 Å². The van der Waals surface area contributed by atoms with Gasteiger partial charge in [0.25, 0.3) is 0 Å². The fraction of sp³-hybridized carbons (Fsp3) is 0.316. The Bertz CT molecular complexity index is 601. The average Bonchev–Trinajstić information content (AvgIpc) is 2.62. The van der Waals surface area contributed by atoms with Crippen molar-refractivity contribution in [1.82, 2.24) is 10.6 Å². The minimum absolute atomic E-state index is 0. The van der Waals surface area contributed by atoms with Gasteiger partial charge in [0.15, 0.2) is 5.96 Å². The molecular formula is C19H27IN4. The Morgan fingerprint density at radius 2 is 1.58 bits per heavy atom. The zero-order valence-electron chi connectivity index (χ0n) is 14.6. The summed E-state index contributed by atoms with van der Waals surface area (Å²) in [5, 5.41) is 6.73. The third kappa shape index (κ3) is 6.39. The topological polar surface area (TPSA) is 39.7 Å². The summed E-state index contributed by atoms with van der Waals surface area (Å²) in [6.45, 7) is 3.79. The normalized spacial score (nSPS) is 12.0. The van der Waals surface area contributed by atoms with Gasteiger partial charge in [0, 0.05) is 38.9 Å². The second-order valence-corrected chi connectivity index (χ2v) is 5.59. The number of rotatable bonds is 6. The van der Waals surface area contributed by atoms with E-state index in [0.717, 1.165) is 19.0 Å². The molecule has 4 nitrogen and oxygen atoms in total. The number of halogens is 1. The summed E-state index contributed by atoms with van der Waals surface area (Å²) in [6.07, 6.45) is 0. The number of likely N-dealkylation sites (N-methyl/N-ethyl adjacent to an activating group) is 1. The molecule has 0 aliphatic rings. The van der Waals surface area contributed by atoms with Crippen molar-refractivity contribution in [1.29, 1.82) is 0 Å². The van der Waals surface area contributed by atoms with E-state index in [-0.39, 0.29) is 24.0 Å². The molecule has 0 bridgehead atoms. The number of benzene rings is 2. The predicted molar refractivity (Wildman–Crippen MR) is 114 cm³/mol. The molecule has 5 heteroatoms. The summed E-state index contributed by atoms with van der Waals surface area (Å²) in [6, 6.07) is 21.1. The van der Waals surface area contributed by atoms with Gasteiger partial charge in [-0.25, -0.2) is 0 Å². The Morgan fingerprint density at radius 3 is 2.17 bits per heavy atom. The van der Waals surface area contributed by atoms with Gasteiger partial charge in [0.1, 0.15) is 0 Å². The van der Waals surface area contributed by atoms with Crippen molar-refractivity contribution in [3.8, 4) is 0 Å². The van der Waals surface area contributed by atoms with Crippen LogP contribution in [0.5, 0.6) is 0 Å². The zero-order chi connectivity index (χ0) is 16.5. The fourth-order valence-electron chi connectivity index (χ4n) is 2.30. The second kappa shape index (κ2) is 10.9. The van der Waals surface area contributed by atoms with Crippen molar-refractivity contribution < 1.29 is 0 Å². The van der Waals surface area contributed by atoms with Gasteiger partial charge < -0.3 is 15.5 Å². The van der Waals surface area contributed by atoms with Crippen LogP contribution in [0.15, 0.2) is 65.7 Å². The molecule has 1 unspecified atom stereocenters. The maximum absolute atomic E-state index is 4.28. The monoisotopic (exact) mass is 438 g/mol. The highest BCUT2D eigenvalue weighted by Gasteiger charge is 2.10. The summed E-state index contributed by atoms with van der Waals surface area (Å²) in [5.74, 6) is 0.821. The standard InChI is InChI=1S/C19H26N4.HI/c1-16(23(3)18-12-8-5-9-13-18)14-21-19(20-2)22-15-17-10-6-4-7-11-17;/h4-13,16H,14-15H2,1-3H3,(H2,20,21,22);1H. The lowest BCUT2D eigenvalue weighted by Gasteiger charge is -2.27. The number of hydrogen-bond donors (Lipinski definition) is 2. The van der Waals surface area contributed by atoms with E-state index >= 15 is 0 Å². The molecule has 0 fully saturated rings. The smallest absolute Gasteiger partial charge is 0.191 e. The molecule has 1 atom stereocenters. The van der Waals surface area contributed by atoms with Crippen LogP contribution < -0.4 is 15.5 Å². The minimum Gasteiger partial charge on any atom is -0.370 e. The Kier molecular flexibility index (Phi) is 9.22. The molecule has 0 radical (unpaired) electrons. The molecule has 0 saturated carbocycles. The molecule has 0 spiro atoms. The van der Waals surface area contributed by atoms with Gasteiger partial charge >= 0.3 is 0 Å². The number of anilines is 1. The van der Waals surface area contributed by atoms with Crippen LogP contribution in [0.2, 0.25) is 0 Å². The van der Waals surface area contributed by atoms with Crippen LogP contribution in [0.25, 0.3) is 0 Å². The molecule has 2 aromatic carbocycles. The van der Waals surface area contributed by atoms with Crippen LogP contribution in [-0.2, 0) is 6.54 Å². The van der Waals surface area contributed by atoms with Crippen molar-refractivity contribution in [2.45, 2.75) is 19.5 Å². The first kappa shape index (κ1) is 20.3. The first-order valence-electron chi connectivity index (χ1n) is 7.97. The van der Waals surface area contributed by atoms with E-state index in [0.29, 0.717) is 6.04 Å². The highest BCUT2D eigenvalue weighted by atomic mass is 127. The van der Waals surface area contributed by atoms with E-state index in [9.17, 15) is 0 Å². The highest BCUT2D eigenvalue weighted by Crippen LogP contribution is 2.13. The van der Waals surface area contributed by atoms with Gasteiger partial charge in [-0.05, 0) is 24.6 Å². The van der Waals surface area contributed by atoms with Crippen LogP contribution in [0.3, 0.4) is 0 Å². The van der Waals surface area contributed by atoms with Gasteiger partial charge in [0.2, 0.25) is 0 Å². The number of hydrogen-bond acceptors (Lipinski definition) is 2. The maximum atomic E-state index is 4.28. The number of guanidine groups is 1. The minimum atomic E-state index is 0. The molecular weight excluding hydrogens is 411 g/mol. The molecule has 2 rings (SSSR count). The van der Waals surface area contributed by atoms with Crippen LogP contribution in [0.4, 0.5) is 5.69 Å². The molecule has 0 aromatic heterocycles. The zero-order valence-corrected chi connectivity index (χ0v) is 16.9. The van der Waals surface area contributed by atoms with E-state index in [1.54, 1.807) is 7.05 Å². The summed E-state index contributed by atoms with van der Waals surface area (Å²) in [7, 11) is 3.91. The van der Waals surface area contributed by atoms with E-state index in [2.05, 4.69) is 70.9 Å². The van der Waals surface area contributed by atoms with Gasteiger partial charge in [-0.15, -0.1) is 24.0 Å². The molecule has 0 heterocycles. The summed E-state index contributed by atoms with van der Waals surface area (Å²) < 4.78 is 0. The fourth-order valence-corrected chi connectivity index (χ4v) is 2.30. The van der Waals surface area contributed by atoms with Gasteiger partial charge in [-0.2, -0.15) is 0 Å². The predicted octanol–water partition coefficient (Wildman–Crippen LogP) is 3.49. The third-order valence-corrected chi connectivity index (χ3v) is 3.92. The lowest BCUT2D eigenvalue weighted by Crippen LogP contribution is -2.44. The molecule has 2 aromatic rings. The maximum Gasteiger partial charge on any atom is 0.191 e. The second-order valence-electron chi connectivity index (χ2n) is 5.59. The number of nitrogens with zero attached hydrogens (tertiary/aromatic N) is 2. The van der Waals surface area contributed by atoms with E-state index in [1.165, 1.54) is 11.3 Å². The molecule has 130 valence electrons. The van der Waals surface area contributed by atoms with Gasteiger partial charge in [0.05, 0.1) is 0 Å². The molecule has 0 aliphatic heterocycles. The van der Waals surface area contributed by atoms with E-state index in [1.807, 2.05) is 24.3 Å². The highest BCUT2D eigenvalue weighted by molar-refractivity contribution is 14.0. The van der Waals surface area contributed by atoms with E-state index in [4.69, 9.17) is 0 Å². The average molecular weight is 438 g/mol. The van der Waals surface area contributed by atoms with Crippen LogP contribution >= 0.6 is 24.0 Å². The summed E-state index contributed by atoms with van der Waals surface area (Å²) >= 11 is 0. The lowest BCUT2D eigenvalue weighted by molar-refractivity contribution is 0.648. The number of para-hydroxylation sites is 1. The Morgan fingerprint density at radius 1 is 1.00 bits per heavy atom. The van der Waals surface area contributed by atoms with Crippen molar-refractivity contribution in [3.05, 3.63) is 66.2 Å². The Labute approximate surface area is 162 Å². The van der Waals surface area contributed by atoms with Crippen molar-refractivity contribution in [2.24, 2.45) is 4.99 Å². The van der Waals surface area contributed by atoms with E-state index < -0.39 is 0 Å². The first-order valence-corrected chi connectivity index (χ1v) is 7.97. The quantitative estimate of drug-likeness (QED) is 0.412. The Balaban J connectivity index is 0.00000288.